The van der Waals surface area contributed by atoms with Gasteiger partial charge in [-0.15, -0.1) is 54.1 Å². The van der Waals surface area contributed by atoms with Gasteiger partial charge in [-0.1, -0.05) is 42.7 Å². The van der Waals surface area contributed by atoms with E-state index in [1.165, 1.54) is 11.6 Å². The summed E-state index contributed by atoms with van der Waals surface area (Å²) in [5.41, 5.74) is 7.27. The number of aryl methyl sites for hydroxylation is 3. The summed E-state index contributed by atoms with van der Waals surface area (Å²) in [7, 11) is 0. The van der Waals surface area contributed by atoms with Gasteiger partial charge in [-0.05, 0) is 66.6 Å². The van der Waals surface area contributed by atoms with E-state index in [0.717, 1.165) is 45.1 Å². The summed E-state index contributed by atoms with van der Waals surface area (Å²) >= 11 is 0. The molecule has 38 heavy (non-hydrogen) atoms. The van der Waals surface area contributed by atoms with Gasteiger partial charge in [0.05, 0.1) is 11.1 Å². The van der Waals surface area contributed by atoms with Crippen LogP contribution in [-0.2, 0) is 20.1 Å². The zero-order valence-electron chi connectivity index (χ0n) is 27.2. The monoisotopic (exact) mass is 682 g/mol. The molecule has 0 atom stereocenters. The second-order valence-corrected chi connectivity index (χ2v) is 9.04. The SMILES string of the molecule is Cc1ccnc(-c2[c-]ccc3c2oc2c(C(C)C)ccnc23)c1.[2H]C([2H])([2H])c1cnc(-c2[c-]cccc2)cc1C([2H])([2H])[2H].[Ir]. The molecule has 5 heteroatoms. The summed E-state index contributed by atoms with van der Waals surface area (Å²) in [5.74, 6) is 0.380. The number of rotatable bonds is 3. The summed E-state index contributed by atoms with van der Waals surface area (Å²) < 4.78 is 50.9. The minimum absolute atomic E-state index is 0. The minimum Gasteiger partial charge on any atom is -0.499 e. The van der Waals surface area contributed by atoms with Crippen molar-refractivity contribution < 1.29 is 32.7 Å². The van der Waals surface area contributed by atoms with Crippen LogP contribution in [0.5, 0.6) is 0 Å². The molecule has 0 aliphatic rings. The van der Waals surface area contributed by atoms with Gasteiger partial charge in [-0.25, -0.2) is 0 Å². The molecule has 193 valence electrons. The Hall–Kier alpha value is -3.66. The standard InChI is InChI=1S/C20H17N2O.C13H12N.Ir/c1-12(2)14-8-10-22-18-16-6-4-5-15(19(16)23-20(14)18)17-11-13(3)7-9-21-17;1-10-8-13(14-9-11(10)2)12-6-4-3-5-7-12;/h4,6-12H,1-3H3;3-6,8-9H,1-2H3;/q2*-1;/i;1D3,2D3;. The van der Waals surface area contributed by atoms with Crippen molar-refractivity contribution in [1.82, 2.24) is 15.0 Å². The van der Waals surface area contributed by atoms with Crippen molar-refractivity contribution in [3.8, 4) is 22.5 Å². The first-order valence-corrected chi connectivity index (χ1v) is 12.0. The molecular formula is C33H29IrN3O-2. The van der Waals surface area contributed by atoms with Gasteiger partial charge < -0.3 is 14.4 Å². The van der Waals surface area contributed by atoms with Crippen LogP contribution in [0.1, 0.15) is 50.2 Å². The molecular weight excluding hydrogens is 647 g/mol. The molecule has 0 saturated carbocycles. The van der Waals surface area contributed by atoms with E-state index in [9.17, 15) is 0 Å². The number of furan rings is 1. The van der Waals surface area contributed by atoms with E-state index in [2.05, 4.69) is 53.9 Å². The summed E-state index contributed by atoms with van der Waals surface area (Å²) in [4.78, 5) is 13.1. The van der Waals surface area contributed by atoms with Crippen LogP contribution >= 0.6 is 0 Å². The molecule has 0 aliphatic carbocycles. The van der Waals surface area contributed by atoms with Crippen LogP contribution in [0.3, 0.4) is 0 Å². The molecule has 0 N–H and O–H groups in total. The Bertz CT molecular complexity index is 1900. The van der Waals surface area contributed by atoms with Gasteiger partial charge in [-0.2, -0.15) is 0 Å². The molecule has 6 rings (SSSR count). The predicted octanol–water partition coefficient (Wildman–Crippen LogP) is 8.44. The smallest absolute Gasteiger partial charge is 0.142 e. The third-order valence-electron chi connectivity index (χ3n) is 6.03. The Balaban J connectivity index is 0.000000199. The van der Waals surface area contributed by atoms with E-state index >= 15 is 0 Å². The van der Waals surface area contributed by atoms with Gasteiger partial charge in [0.25, 0.3) is 0 Å². The summed E-state index contributed by atoms with van der Waals surface area (Å²) in [6.45, 7) is 1.38. The molecule has 0 amide bonds. The molecule has 1 radical (unpaired) electrons. The fourth-order valence-corrected chi connectivity index (χ4v) is 4.11. The third-order valence-corrected chi connectivity index (χ3v) is 6.03. The maximum absolute atomic E-state index is 7.50. The Morgan fingerprint density at radius 2 is 1.68 bits per heavy atom. The molecule has 0 bridgehead atoms. The molecule has 4 nitrogen and oxygen atoms in total. The maximum Gasteiger partial charge on any atom is 0.142 e. The third kappa shape index (κ3) is 5.60. The molecule has 0 aliphatic heterocycles. The largest absolute Gasteiger partial charge is 0.499 e. The number of hydrogen-bond donors (Lipinski definition) is 0. The van der Waals surface area contributed by atoms with E-state index in [0.29, 0.717) is 17.2 Å². The quantitative estimate of drug-likeness (QED) is 0.176. The summed E-state index contributed by atoms with van der Waals surface area (Å²) in [5, 5.41) is 1.01. The number of pyridine rings is 3. The zero-order valence-corrected chi connectivity index (χ0v) is 23.6. The van der Waals surface area contributed by atoms with Gasteiger partial charge in [0, 0.05) is 46.9 Å². The van der Waals surface area contributed by atoms with E-state index in [1.54, 1.807) is 24.3 Å². The van der Waals surface area contributed by atoms with Gasteiger partial charge in [0.15, 0.2) is 0 Å². The van der Waals surface area contributed by atoms with E-state index < -0.39 is 13.7 Å². The molecule has 6 aromatic rings. The van der Waals surface area contributed by atoms with Crippen LogP contribution < -0.4 is 0 Å². The Labute approximate surface area is 246 Å². The van der Waals surface area contributed by atoms with Crippen LogP contribution in [0.4, 0.5) is 0 Å². The topological polar surface area (TPSA) is 51.8 Å². The first kappa shape index (κ1) is 20.3. The van der Waals surface area contributed by atoms with Crippen molar-refractivity contribution in [2.45, 2.75) is 40.4 Å². The second kappa shape index (κ2) is 11.8. The van der Waals surface area contributed by atoms with E-state index in [-0.39, 0.29) is 31.2 Å². The second-order valence-electron chi connectivity index (χ2n) is 9.04. The summed E-state index contributed by atoms with van der Waals surface area (Å²) in [6, 6.07) is 24.5. The zero-order chi connectivity index (χ0) is 30.9. The van der Waals surface area contributed by atoms with E-state index in [4.69, 9.17) is 12.6 Å². The number of aromatic nitrogens is 3. The maximum atomic E-state index is 7.50. The Morgan fingerprint density at radius 3 is 2.42 bits per heavy atom. The number of benzene rings is 2. The van der Waals surface area contributed by atoms with Crippen LogP contribution in [0.25, 0.3) is 44.6 Å². The number of nitrogens with zero attached hydrogens (tertiary/aromatic N) is 3. The molecule has 0 spiro atoms. The van der Waals surface area contributed by atoms with Crippen LogP contribution in [0.2, 0.25) is 0 Å². The Kier molecular flexibility index (Phi) is 6.31. The van der Waals surface area contributed by atoms with Crippen molar-refractivity contribution >= 4 is 22.1 Å². The minimum atomic E-state index is -2.50. The van der Waals surface area contributed by atoms with Gasteiger partial charge >= 0.3 is 0 Å². The van der Waals surface area contributed by atoms with Crippen molar-refractivity contribution in [3.05, 3.63) is 114 Å². The number of hydrogen-bond acceptors (Lipinski definition) is 4. The molecule has 4 heterocycles. The van der Waals surface area contributed by atoms with Crippen molar-refractivity contribution in [2.24, 2.45) is 0 Å². The van der Waals surface area contributed by atoms with Gasteiger partial charge in [0.1, 0.15) is 5.58 Å². The number of fused-ring (bicyclic) bond motifs is 3. The fourth-order valence-electron chi connectivity index (χ4n) is 4.11. The normalized spacial score (nSPS) is 13.8. The van der Waals surface area contributed by atoms with E-state index in [1.807, 2.05) is 36.7 Å². The van der Waals surface area contributed by atoms with Gasteiger partial charge in [-0.3, -0.25) is 4.98 Å². The fraction of sp³-hybridized carbons (Fsp3) is 0.182. The van der Waals surface area contributed by atoms with Crippen molar-refractivity contribution in [3.63, 3.8) is 0 Å². The molecule has 0 unspecified atom stereocenters. The average Bonchev–Trinajstić information content (AvgIpc) is 3.36. The van der Waals surface area contributed by atoms with Crippen LogP contribution in [0.15, 0.2) is 83.7 Å². The van der Waals surface area contributed by atoms with Gasteiger partial charge in [0.2, 0.25) is 0 Å². The molecule has 0 saturated heterocycles. The van der Waals surface area contributed by atoms with Crippen molar-refractivity contribution in [2.75, 3.05) is 0 Å². The van der Waals surface area contributed by atoms with Crippen molar-refractivity contribution in [1.29, 1.82) is 0 Å². The molecule has 4 aromatic heterocycles. The Morgan fingerprint density at radius 1 is 0.842 bits per heavy atom. The summed E-state index contributed by atoms with van der Waals surface area (Å²) in [6.07, 6.45) is 4.79. The average molecular weight is 682 g/mol. The first-order chi connectivity index (χ1) is 20.3. The molecule has 2 aromatic carbocycles. The predicted molar refractivity (Wildman–Crippen MR) is 150 cm³/mol. The van der Waals surface area contributed by atoms with Crippen LogP contribution in [0, 0.1) is 32.8 Å². The molecule has 0 fully saturated rings. The first-order valence-electron chi connectivity index (χ1n) is 15.0. The van der Waals surface area contributed by atoms with Crippen LogP contribution in [-0.4, -0.2) is 15.0 Å².